The Morgan fingerprint density at radius 2 is 2.07 bits per heavy atom. The fourth-order valence-corrected chi connectivity index (χ4v) is 5.71. The third kappa shape index (κ3) is 3.41. The highest BCUT2D eigenvalue weighted by molar-refractivity contribution is 7.19. The van der Waals surface area contributed by atoms with Crippen molar-refractivity contribution in [3.8, 4) is 10.4 Å². The van der Waals surface area contributed by atoms with E-state index in [9.17, 15) is 9.59 Å². The molecule has 3 heterocycles. The summed E-state index contributed by atoms with van der Waals surface area (Å²) >= 11 is 3.11. The molecule has 7 heteroatoms. The average Bonchev–Trinajstić information content (AvgIpc) is 3.42. The number of anilines is 1. The number of hydrogen-bond donors (Lipinski definition) is 1. The molecule has 146 valence electrons. The Bertz CT molecular complexity index is 1300. The number of carbonyl (C=O) groups is 1. The van der Waals surface area contributed by atoms with Crippen LogP contribution in [0.4, 0.5) is 5.69 Å². The molecular formula is C22H19N3O2S2. The van der Waals surface area contributed by atoms with Gasteiger partial charge in [-0.2, -0.15) is 0 Å². The number of amides is 1. The predicted molar refractivity (Wildman–Crippen MR) is 119 cm³/mol. The zero-order valence-electron chi connectivity index (χ0n) is 15.9. The summed E-state index contributed by atoms with van der Waals surface area (Å²) in [6.45, 7) is 1.99. The van der Waals surface area contributed by atoms with Crippen molar-refractivity contribution < 1.29 is 4.79 Å². The van der Waals surface area contributed by atoms with Gasteiger partial charge in [0.1, 0.15) is 11.4 Å². The van der Waals surface area contributed by atoms with Crippen LogP contribution < -0.4 is 10.9 Å². The number of carbonyl (C=O) groups excluding carboxylic acids is 1. The second-order valence-electron chi connectivity index (χ2n) is 7.30. The molecule has 5 nitrogen and oxygen atoms in total. The van der Waals surface area contributed by atoms with Crippen molar-refractivity contribution in [2.24, 2.45) is 0 Å². The quantitative estimate of drug-likeness (QED) is 0.523. The standard InChI is InChI=1S/C22H19N3O2S2/c1-13-5-8-18(29-13)17-11-28-21-20(17)22(27)25(12-23-21)10-19(26)24-16-7-6-14-3-2-4-15(14)9-16/h5-9,11-12H,2-4,10H2,1H3,(H,24,26). The van der Waals surface area contributed by atoms with E-state index in [1.54, 1.807) is 11.3 Å². The van der Waals surface area contributed by atoms with Crippen LogP contribution in [0.2, 0.25) is 0 Å². The third-order valence-electron chi connectivity index (χ3n) is 5.26. The van der Waals surface area contributed by atoms with Gasteiger partial charge in [0.25, 0.3) is 5.56 Å². The second kappa shape index (κ2) is 7.24. The molecule has 0 atom stereocenters. The van der Waals surface area contributed by atoms with Crippen LogP contribution in [0.15, 0.2) is 46.8 Å². The van der Waals surface area contributed by atoms with Crippen LogP contribution in [0.5, 0.6) is 0 Å². The molecule has 1 aromatic carbocycles. The Balaban J connectivity index is 1.42. The maximum Gasteiger partial charge on any atom is 0.263 e. The minimum atomic E-state index is -0.227. The summed E-state index contributed by atoms with van der Waals surface area (Å²) in [5.41, 5.74) is 4.17. The van der Waals surface area contributed by atoms with Crippen molar-refractivity contribution in [2.75, 3.05) is 5.32 Å². The van der Waals surface area contributed by atoms with Crippen molar-refractivity contribution in [1.29, 1.82) is 0 Å². The number of benzene rings is 1. The van der Waals surface area contributed by atoms with Gasteiger partial charge in [-0.3, -0.25) is 14.2 Å². The number of aryl methyl sites for hydroxylation is 3. The first-order chi connectivity index (χ1) is 14.1. The van der Waals surface area contributed by atoms with Crippen LogP contribution in [0, 0.1) is 6.92 Å². The molecule has 1 amide bonds. The van der Waals surface area contributed by atoms with Gasteiger partial charge in [0.05, 0.1) is 11.7 Å². The molecular weight excluding hydrogens is 402 g/mol. The van der Waals surface area contributed by atoms with E-state index >= 15 is 0 Å². The first kappa shape index (κ1) is 18.3. The van der Waals surface area contributed by atoms with Gasteiger partial charge in [-0.25, -0.2) is 4.98 Å². The Morgan fingerprint density at radius 3 is 2.90 bits per heavy atom. The van der Waals surface area contributed by atoms with E-state index in [1.165, 1.54) is 44.7 Å². The van der Waals surface area contributed by atoms with E-state index in [4.69, 9.17) is 0 Å². The fraction of sp³-hybridized carbons (Fsp3) is 0.227. The van der Waals surface area contributed by atoms with E-state index in [0.717, 1.165) is 29.0 Å². The van der Waals surface area contributed by atoms with Crippen molar-refractivity contribution in [3.63, 3.8) is 0 Å². The highest BCUT2D eigenvalue weighted by Crippen LogP contribution is 2.34. The van der Waals surface area contributed by atoms with Crippen LogP contribution >= 0.6 is 22.7 Å². The molecule has 0 fully saturated rings. The highest BCUT2D eigenvalue weighted by Gasteiger charge is 2.16. The average molecular weight is 422 g/mol. The Hall–Kier alpha value is -2.77. The summed E-state index contributed by atoms with van der Waals surface area (Å²) in [5, 5.41) is 5.48. The number of rotatable bonds is 4. The molecule has 1 aliphatic rings. The molecule has 29 heavy (non-hydrogen) atoms. The number of hydrogen-bond acceptors (Lipinski definition) is 5. The Morgan fingerprint density at radius 1 is 1.21 bits per heavy atom. The molecule has 1 N–H and O–H groups in total. The fourth-order valence-electron chi connectivity index (χ4n) is 3.85. The van der Waals surface area contributed by atoms with Crippen molar-refractivity contribution in [3.05, 3.63) is 68.4 Å². The van der Waals surface area contributed by atoms with Crippen LogP contribution in [0.1, 0.15) is 22.4 Å². The summed E-state index contributed by atoms with van der Waals surface area (Å²) in [6.07, 6.45) is 4.80. The molecule has 3 aromatic heterocycles. The van der Waals surface area contributed by atoms with Gasteiger partial charge in [-0.15, -0.1) is 22.7 Å². The summed E-state index contributed by atoms with van der Waals surface area (Å²) in [7, 11) is 0. The Kier molecular flexibility index (Phi) is 4.56. The van der Waals surface area contributed by atoms with Gasteiger partial charge in [0, 0.05) is 26.4 Å². The zero-order chi connectivity index (χ0) is 20.0. The number of nitrogens with zero attached hydrogens (tertiary/aromatic N) is 2. The van der Waals surface area contributed by atoms with E-state index in [0.29, 0.717) is 10.2 Å². The third-order valence-corrected chi connectivity index (χ3v) is 7.18. The zero-order valence-corrected chi connectivity index (χ0v) is 17.5. The van der Waals surface area contributed by atoms with Crippen molar-refractivity contribution in [1.82, 2.24) is 9.55 Å². The van der Waals surface area contributed by atoms with Crippen LogP contribution in [-0.4, -0.2) is 15.5 Å². The minimum Gasteiger partial charge on any atom is -0.325 e. The first-order valence-electron chi connectivity index (χ1n) is 9.53. The largest absolute Gasteiger partial charge is 0.325 e. The lowest BCUT2D eigenvalue weighted by Gasteiger charge is -2.09. The maximum atomic E-state index is 13.1. The normalized spacial score (nSPS) is 13.0. The highest BCUT2D eigenvalue weighted by atomic mass is 32.1. The number of fused-ring (bicyclic) bond motifs is 2. The van der Waals surface area contributed by atoms with Crippen LogP contribution in [0.3, 0.4) is 0 Å². The summed E-state index contributed by atoms with van der Waals surface area (Å²) in [4.78, 5) is 33.0. The molecule has 4 aromatic rings. The van der Waals surface area contributed by atoms with Gasteiger partial charge in [-0.1, -0.05) is 6.07 Å². The van der Waals surface area contributed by atoms with Gasteiger partial charge < -0.3 is 5.32 Å². The lowest BCUT2D eigenvalue weighted by Crippen LogP contribution is -2.27. The van der Waals surface area contributed by atoms with E-state index < -0.39 is 0 Å². The van der Waals surface area contributed by atoms with Gasteiger partial charge in [0.2, 0.25) is 5.91 Å². The predicted octanol–water partition coefficient (Wildman–Crippen LogP) is 4.62. The van der Waals surface area contributed by atoms with Crippen molar-refractivity contribution in [2.45, 2.75) is 32.7 Å². The van der Waals surface area contributed by atoms with Gasteiger partial charge in [0.15, 0.2) is 0 Å². The monoisotopic (exact) mass is 421 g/mol. The van der Waals surface area contributed by atoms with Crippen LogP contribution in [0.25, 0.3) is 20.7 Å². The molecule has 0 spiro atoms. The van der Waals surface area contributed by atoms with Crippen molar-refractivity contribution >= 4 is 44.5 Å². The maximum absolute atomic E-state index is 13.1. The molecule has 5 rings (SSSR count). The SMILES string of the molecule is Cc1ccc(-c2csc3ncn(CC(=O)Nc4ccc5c(c4)CCC5)c(=O)c23)s1. The van der Waals surface area contributed by atoms with E-state index in [1.807, 2.05) is 36.6 Å². The summed E-state index contributed by atoms with van der Waals surface area (Å²) in [5.74, 6) is -0.227. The second-order valence-corrected chi connectivity index (χ2v) is 9.45. The molecule has 0 unspecified atom stereocenters. The lowest BCUT2D eigenvalue weighted by molar-refractivity contribution is -0.116. The summed E-state index contributed by atoms with van der Waals surface area (Å²) in [6, 6.07) is 10.1. The molecule has 0 bridgehead atoms. The van der Waals surface area contributed by atoms with Gasteiger partial charge >= 0.3 is 0 Å². The van der Waals surface area contributed by atoms with E-state index in [2.05, 4.69) is 16.4 Å². The van der Waals surface area contributed by atoms with Crippen LogP contribution in [-0.2, 0) is 24.2 Å². The molecule has 0 aliphatic heterocycles. The number of aromatic nitrogens is 2. The molecule has 0 radical (unpaired) electrons. The minimum absolute atomic E-state index is 0.0579. The molecule has 0 saturated carbocycles. The number of nitrogens with one attached hydrogen (secondary N) is 1. The number of thiophene rings is 2. The molecule has 0 saturated heterocycles. The topological polar surface area (TPSA) is 64.0 Å². The first-order valence-corrected chi connectivity index (χ1v) is 11.2. The Labute approximate surface area is 175 Å². The lowest BCUT2D eigenvalue weighted by atomic mass is 10.1. The summed E-state index contributed by atoms with van der Waals surface area (Å²) < 4.78 is 1.39. The van der Waals surface area contributed by atoms with E-state index in [-0.39, 0.29) is 18.0 Å². The van der Waals surface area contributed by atoms with Gasteiger partial charge in [-0.05, 0) is 61.6 Å². The smallest absolute Gasteiger partial charge is 0.263 e. The molecule has 1 aliphatic carbocycles.